The van der Waals surface area contributed by atoms with Crippen molar-refractivity contribution >= 4 is 5.82 Å². The van der Waals surface area contributed by atoms with Crippen LogP contribution < -0.4 is 0 Å². The molecule has 0 saturated carbocycles. The molecule has 0 atom stereocenters. The molecule has 65 valence electrons. The molecule has 0 aliphatic rings. The molecule has 1 aromatic heterocycles. The molecule has 1 rings (SSSR count). The second kappa shape index (κ2) is 3.34. The summed E-state index contributed by atoms with van der Waals surface area (Å²) in [5.74, 6) is 0.228. The highest BCUT2D eigenvalue weighted by Crippen LogP contribution is 2.08. The maximum Gasteiger partial charge on any atom is 0.381 e. The van der Waals surface area contributed by atoms with Crippen LogP contribution in [0, 0.1) is 22.6 Å². The minimum Gasteiger partial charge on any atom is -0.358 e. The number of hydrogen-bond donors (Lipinski definition) is 0. The molecule has 12 heavy (non-hydrogen) atoms. The summed E-state index contributed by atoms with van der Waals surface area (Å²) in [7, 11) is 0. The molecular weight excluding hydrogens is 158 g/mol. The highest BCUT2D eigenvalue weighted by atomic mass is 16.6. The lowest BCUT2D eigenvalue weighted by atomic mass is 10.2. The predicted octanol–water partition coefficient (Wildman–Crippen LogP) is 1.46. The van der Waals surface area contributed by atoms with E-state index in [1.54, 1.807) is 4.57 Å². The largest absolute Gasteiger partial charge is 0.381 e. The van der Waals surface area contributed by atoms with Gasteiger partial charge in [-0.25, -0.2) is 0 Å². The Balaban J connectivity index is 2.71. The molecule has 5 nitrogen and oxygen atoms in total. The van der Waals surface area contributed by atoms with Crippen LogP contribution in [0.1, 0.15) is 13.8 Å². The molecule has 0 bridgehead atoms. The molecular formula is C7H10N3O2. The lowest BCUT2D eigenvalue weighted by Crippen LogP contribution is -1.97. The van der Waals surface area contributed by atoms with Gasteiger partial charge in [-0.05, 0) is 15.8 Å². The molecule has 0 aliphatic heterocycles. The summed E-state index contributed by atoms with van der Waals surface area (Å²) in [6.45, 7) is 5.83. The summed E-state index contributed by atoms with van der Waals surface area (Å²) in [6.07, 6.45) is 2.82. The Bertz CT molecular complexity index is 280. The molecule has 1 heterocycles. The maximum absolute atomic E-state index is 10.2. The number of rotatable bonds is 3. The van der Waals surface area contributed by atoms with E-state index >= 15 is 0 Å². The average Bonchev–Trinajstić information content (AvgIpc) is 2.34. The van der Waals surface area contributed by atoms with Crippen LogP contribution in [-0.2, 0) is 0 Å². The summed E-state index contributed by atoms with van der Waals surface area (Å²) < 4.78 is 1.60. The van der Waals surface area contributed by atoms with E-state index in [4.69, 9.17) is 0 Å². The van der Waals surface area contributed by atoms with Crippen molar-refractivity contribution in [2.24, 2.45) is 5.92 Å². The van der Waals surface area contributed by atoms with E-state index in [2.05, 4.69) is 4.98 Å². The lowest BCUT2D eigenvalue weighted by molar-refractivity contribution is -0.389. The number of hydrogen-bond acceptors (Lipinski definition) is 3. The summed E-state index contributed by atoms with van der Waals surface area (Å²) in [6, 6.07) is 0. The molecule has 0 fully saturated rings. The van der Waals surface area contributed by atoms with Gasteiger partial charge in [0.25, 0.3) is 0 Å². The third-order valence-corrected chi connectivity index (χ3v) is 1.25. The summed E-state index contributed by atoms with van der Waals surface area (Å²) >= 11 is 0. The van der Waals surface area contributed by atoms with E-state index < -0.39 is 4.92 Å². The van der Waals surface area contributed by atoms with Gasteiger partial charge >= 0.3 is 5.82 Å². The van der Waals surface area contributed by atoms with E-state index in [0.29, 0.717) is 5.92 Å². The summed E-state index contributed by atoms with van der Waals surface area (Å²) in [5.41, 5.74) is 0. The highest BCUT2D eigenvalue weighted by Gasteiger charge is 2.09. The minimum absolute atomic E-state index is 0.119. The number of nitro groups is 1. The van der Waals surface area contributed by atoms with Gasteiger partial charge in [0.2, 0.25) is 6.33 Å². The third-order valence-electron chi connectivity index (χ3n) is 1.25. The van der Waals surface area contributed by atoms with E-state index in [9.17, 15) is 10.1 Å². The molecule has 0 aliphatic carbocycles. The van der Waals surface area contributed by atoms with E-state index in [1.165, 1.54) is 12.5 Å². The van der Waals surface area contributed by atoms with Gasteiger partial charge in [-0.1, -0.05) is 13.8 Å². The fraction of sp³-hybridized carbons (Fsp3) is 0.429. The Morgan fingerprint density at radius 1 is 1.75 bits per heavy atom. The van der Waals surface area contributed by atoms with Gasteiger partial charge in [-0.3, -0.25) is 0 Å². The topological polar surface area (TPSA) is 61.0 Å². The van der Waals surface area contributed by atoms with Crippen molar-refractivity contribution in [1.82, 2.24) is 9.55 Å². The monoisotopic (exact) mass is 168 g/mol. The van der Waals surface area contributed by atoms with Crippen LogP contribution in [0.25, 0.3) is 0 Å². The SMILES string of the molecule is CC(C)[CH]n1cnc([N+](=O)[O-])c1. The van der Waals surface area contributed by atoms with Crippen LogP contribution in [0.3, 0.4) is 0 Å². The van der Waals surface area contributed by atoms with Crippen LogP contribution in [0.2, 0.25) is 0 Å². The average molecular weight is 168 g/mol. The zero-order valence-electron chi connectivity index (χ0n) is 6.97. The van der Waals surface area contributed by atoms with E-state index in [-0.39, 0.29) is 5.82 Å². The number of imidazole rings is 1. The molecule has 0 spiro atoms. The molecule has 1 radical (unpaired) electrons. The molecule has 0 saturated heterocycles. The van der Waals surface area contributed by atoms with Gasteiger partial charge in [0, 0.05) is 0 Å². The normalized spacial score (nSPS) is 10.6. The first kappa shape index (κ1) is 8.70. The van der Waals surface area contributed by atoms with Gasteiger partial charge in [0.05, 0.1) is 6.54 Å². The molecule has 0 amide bonds. The minimum atomic E-state index is -0.509. The molecule has 0 N–H and O–H groups in total. The van der Waals surface area contributed by atoms with Crippen molar-refractivity contribution < 1.29 is 4.92 Å². The fourth-order valence-corrected chi connectivity index (χ4v) is 0.846. The summed E-state index contributed by atoms with van der Waals surface area (Å²) in [5, 5.41) is 10.2. The first-order valence-corrected chi connectivity index (χ1v) is 3.62. The second-order valence-electron chi connectivity index (χ2n) is 2.83. The van der Waals surface area contributed by atoms with Gasteiger partial charge < -0.3 is 14.7 Å². The van der Waals surface area contributed by atoms with Crippen molar-refractivity contribution in [1.29, 1.82) is 0 Å². The third kappa shape index (κ3) is 2.05. The second-order valence-corrected chi connectivity index (χ2v) is 2.83. The maximum atomic E-state index is 10.2. The Kier molecular flexibility index (Phi) is 2.42. The van der Waals surface area contributed by atoms with Crippen LogP contribution >= 0.6 is 0 Å². The smallest absolute Gasteiger partial charge is 0.358 e. The Hall–Kier alpha value is -1.39. The van der Waals surface area contributed by atoms with E-state index in [1.807, 2.05) is 20.4 Å². The Labute approximate surface area is 70.2 Å². The quantitative estimate of drug-likeness (QED) is 0.507. The van der Waals surface area contributed by atoms with Gasteiger partial charge in [0.1, 0.15) is 6.20 Å². The van der Waals surface area contributed by atoms with Gasteiger partial charge in [0.15, 0.2) is 0 Å². The Morgan fingerprint density at radius 3 is 2.83 bits per heavy atom. The van der Waals surface area contributed by atoms with Crippen molar-refractivity contribution in [2.45, 2.75) is 13.8 Å². The van der Waals surface area contributed by atoms with Crippen molar-refractivity contribution in [3.63, 3.8) is 0 Å². The Morgan fingerprint density at radius 2 is 2.42 bits per heavy atom. The first-order valence-electron chi connectivity index (χ1n) is 3.62. The standard InChI is InChI=1S/C7H10N3O2/c1-6(2)3-9-4-7(8-5-9)10(11)12/h3-6H,1-2H3. The van der Waals surface area contributed by atoms with Gasteiger partial charge in [-0.2, -0.15) is 0 Å². The predicted molar refractivity (Wildman–Crippen MR) is 43.4 cm³/mol. The van der Waals surface area contributed by atoms with Crippen molar-refractivity contribution in [3.8, 4) is 0 Å². The molecule has 0 aromatic carbocycles. The lowest BCUT2D eigenvalue weighted by Gasteiger charge is -2.00. The van der Waals surface area contributed by atoms with Crippen molar-refractivity contribution in [3.05, 3.63) is 29.2 Å². The van der Waals surface area contributed by atoms with Crippen LogP contribution in [0.4, 0.5) is 5.82 Å². The van der Waals surface area contributed by atoms with Crippen molar-refractivity contribution in [2.75, 3.05) is 0 Å². The van der Waals surface area contributed by atoms with Crippen LogP contribution in [-0.4, -0.2) is 14.5 Å². The molecule has 0 unspecified atom stereocenters. The highest BCUT2D eigenvalue weighted by molar-refractivity contribution is 5.13. The number of nitrogens with zero attached hydrogens (tertiary/aromatic N) is 3. The summed E-state index contributed by atoms with van der Waals surface area (Å²) in [4.78, 5) is 13.3. The van der Waals surface area contributed by atoms with Crippen LogP contribution in [0.5, 0.6) is 0 Å². The zero-order chi connectivity index (χ0) is 9.14. The molecule has 1 aromatic rings. The number of aromatic nitrogens is 2. The van der Waals surface area contributed by atoms with E-state index in [0.717, 1.165) is 0 Å². The molecule has 5 heteroatoms. The zero-order valence-corrected chi connectivity index (χ0v) is 6.97. The van der Waals surface area contributed by atoms with Gasteiger partial charge in [-0.15, -0.1) is 0 Å². The van der Waals surface area contributed by atoms with Crippen LogP contribution in [0.15, 0.2) is 12.5 Å². The first-order chi connectivity index (χ1) is 5.59. The fourth-order valence-electron chi connectivity index (χ4n) is 0.846.